The molecule has 4 heteroatoms. The van der Waals surface area contributed by atoms with E-state index in [-0.39, 0.29) is 0 Å². The zero-order chi connectivity index (χ0) is 14.5. The van der Waals surface area contributed by atoms with E-state index in [1.165, 1.54) is 16.0 Å². The van der Waals surface area contributed by atoms with Gasteiger partial charge in [-0.05, 0) is 23.6 Å². The average molecular weight is 297 g/mol. The van der Waals surface area contributed by atoms with E-state index in [9.17, 15) is 0 Å². The van der Waals surface area contributed by atoms with Crippen LogP contribution < -0.4 is 5.32 Å². The first-order valence-corrected chi connectivity index (χ1v) is 8.09. The first-order valence-electron chi connectivity index (χ1n) is 7.21. The standard InChI is InChI=1S/C17H19N3S/c1-2-18-11-15-13-20(12-14-7-4-3-5-8-14)19-17(15)16-9-6-10-21-16/h3-10,13,18H,2,11-12H2,1H3. The van der Waals surface area contributed by atoms with Crippen molar-refractivity contribution in [2.24, 2.45) is 0 Å². The largest absolute Gasteiger partial charge is 0.313 e. The van der Waals surface area contributed by atoms with Crippen LogP contribution in [0.25, 0.3) is 10.6 Å². The number of hydrogen-bond acceptors (Lipinski definition) is 3. The topological polar surface area (TPSA) is 29.9 Å². The van der Waals surface area contributed by atoms with Crippen LogP contribution in [-0.4, -0.2) is 16.3 Å². The lowest BCUT2D eigenvalue weighted by atomic mass is 10.2. The van der Waals surface area contributed by atoms with E-state index < -0.39 is 0 Å². The molecule has 21 heavy (non-hydrogen) atoms. The Morgan fingerprint density at radius 3 is 2.71 bits per heavy atom. The Morgan fingerprint density at radius 1 is 1.14 bits per heavy atom. The third kappa shape index (κ3) is 3.40. The van der Waals surface area contributed by atoms with Crippen LogP contribution >= 0.6 is 11.3 Å². The molecule has 0 fully saturated rings. The molecule has 0 unspecified atom stereocenters. The van der Waals surface area contributed by atoms with Crippen LogP contribution in [0.2, 0.25) is 0 Å². The van der Waals surface area contributed by atoms with Gasteiger partial charge in [0.1, 0.15) is 5.69 Å². The minimum absolute atomic E-state index is 0.811. The van der Waals surface area contributed by atoms with Gasteiger partial charge in [-0.3, -0.25) is 4.68 Å². The smallest absolute Gasteiger partial charge is 0.107 e. The molecule has 0 aliphatic heterocycles. The Kier molecular flexibility index (Phi) is 4.48. The van der Waals surface area contributed by atoms with E-state index in [1.807, 2.05) is 10.7 Å². The van der Waals surface area contributed by atoms with Gasteiger partial charge in [-0.2, -0.15) is 5.10 Å². The molecule has 0 atom stereocenters. The second kappa shape index (κ2) is 6.70. The number of hydrogen-bond donors (Lipinski definition) is 1. The normalized spacial score (nSPS) is 10.9. The van der Waals surface area contributed by atoms with E-state index in [1.54, 1.807) is 11.3 Å². The van der Waals surface area contributed by atoms with Gasteiger partial charge in [-0.15, -0.1) is 11.3 Å². The van der Waals surface area contributed by atoms with Crippen LogP contribution in [0.15, 0.2) is 54.0 Å². The van der Waals surface area contributed by atoms with Crippen molar-refractivity contribution in [2.75, 3.05) is 6.54 Å². The Bertz CT molecular complexity index is 671. The van der Waals surface area contributed by atoms with Gasteiger partial charge in [-0.1, -0.05) is 43.3 Å². The summed E-state index contributed by atoms with van der Waals surface area (Å²) in [5.41, 5.74) is 3.63. The van der Waals surface area contributed by atoms with Gasteiger partial charge < -0.3 is 5.32 Å². The number of rotatable bonds is 6. The predicted octanol–water partition coefficient (Wildman–Crippen LogP) is 3.77. The fourth-order valence-electron chi connectivity index (χ4n) is 2.32. The lowest BCUT2D eigenvalue weighted by Gasteiger charge is -2.00. The minimum atomic E-state index is 0.811. The summed E-state index contributed by atoms with van der Waals surface area (Å²) in [6, 6.07) is 14.7. The molecule has 1 aromatic carbocycles. The van der Waals surface area contributed by atoms with E-state index in [0.29, 0.717) is 0 Å². The van der Waals surface area contributed by atoms with Gasteiger partial charge in [0.2, 0.25) is 0 Å². The zero-order valence-electron chi connectivity index (χ0n) is 12.1. The van der Waals surface area contributed by atoms with Crippen LogP contribution in [0.5, 0.6) is 0 Å². The fraction of sp³-hybridized carbons (Fsp3) is 0.235. The molecule has 0 radical (unpaired) electrons. The van der Waals surface area contributed by atoms with Crippen molar-refractivity contribution in [3.8, 4) is 10.6 Å². The molecule has 0 aliphatic rings. The maximum Gasteiger partial charge on any atom is 0.107 e. The fourth-order valence-corrected chi connectivity index (χ4v) is 3.07. The second-order valence-electron chi connectivity index (χ2n) is 4.94. The molecule has 0 aliphatic carbocycles. The van der Waals surface area contributed by atoms with E-state index >= 15 is 0 Å². The van der Waals surface area contributed by atoms with E-state index in [0.717, 1.165) is 25.3 Å². The van der Waals surface area contributed by atoms with Gasteiger partial charge in [0, 0.05) is 18.3 Å². The Morgan fingerprint density at radius 2 is 2.00 bits per heavy atom. The highest BCUT2D eigenvalue weighted by Gasteiger charge is 2.11. The molecular formula is C17H19N3S. The number of nitrogens with zero attached hydrogens (tertiary/aromatic N) is 2. The number of thiophene rings is 1. The minimum Gasteiger partial charge on any atom is -0.313 e. The molecule has 0 saturated heterocycles. The summed E-state index contributed by atoms with van der Waals surface area (Å²) in [5.74, 6) is 0. The number of aromatic nitrogens is 2. The zero-order valence-corrected chi connectivity index (χ0v) is 12.9. The number of benzene rings is 1. The summed E-state index contributed by atoms with van der Waals surface area (Å²) < 4.78 is 2.04. The van der Waals surface area contributed by atoms with Crippen molar-refractivity contribution in [3.05, 3.63) is 65.2 Å². The van der Waals surface area contributed by atoms with Crippen molar-refractivity contribution in [3.63, 3.8) is 0 Å². The molecule has 2 aromatic heterocycles. The highest BCUT2D eigenvalue weighted by Crippen LogP contribution is 2.26. The molecule has 2 heterocycles. The van der Waals surface area contributed by atoms with Crippen LogP contribution in [0, 0.1) is 0 Å². The first-order chi connectivity index (χ1) is 10.4. The maximum atomic E-state index is 4.79. The summed E-state index contributed by atoms with van der Waals surface area (Å²) in [5, 5.41) is 10.3. The van der Waals surface area contributed by atoms with Crippen LogP contribution in [-0.2, 0) is 13.1 Å². The predicted molar refractivity (Wildman–Crippen MR) is 88.5 cm³/mol. The highest BCUT2D eigenvalue weighted by atomic mass is 32.1. The Hall–Kier alpha value is -1.91. The van der Waals surface area contributed by atoms with Gasteiger partial charge >= 0.3 is 0 Å². The summed E-state index contributed by atoms with van der Waals surface area (Å²) >= 11 is 1.74. The molecule has 108 valence electrons. The van der Waals surface area contributed by atoms with Crippen molar-refractivity contribution < 1.29 is 0 Å². The van der Waals surface area contributed by atoms with Crippen molar-refractivity contribution in [1.29, 1.82) is 0 Å². The highest BCUT2D eigenvalue weighted by molar-refractivity contribution is 7.13. The molecule has 0 bridgehead atoms. The summed E-state index contributed by atoms with van der Waals surface area (Å²) in [6.45, 7) is 4.76. The summed E-state index contributed by atoms with van der Waals surface area (Å²) in [7, 11) is 0. The van der Waals surface area contributed by atoms with Crippen LogP contribution in [0.3, 0.4) is 0 Å². The molecule has 0 spiro atoms. The van der Waals surface area contributed by atoms with E-state index in [4.69, 9.17) is 5.10 Å². The molecule has 3 nitrogen and oxygen atoms in total. The van der Waals surface area contributed by atoms with Gasteiger partial charge in [0.25, 0.3) is 0 Å². The molecule has 3 rings (SSSR count). The van der Waals surface area contributed by atoms with E-state index in [2.05, 4.69) is 60.2 Å². The summed E-state index contributed by atoms with van der Waals surface area (Å²) in [4.78, 5) is 1.23. The van der Waals surface area contributed by atoms with Crippen molar-refractivity contribution >= 4 is 11.3 Å². The molecule has 0 amide bonds. The molecule has 1 N–H and O–H groups in total. The van der Waals surface area contributed by atoms with Crippen molar-refractivity contribution in [2.45, 2.75) is 20.0 Å². The number of nitrogens with one attached hydrogen (secondary N) is 1. The average Bonchev–Trinajstić information content (AvgIpc) is 3.15. The lowest BCUT2D eigenvalue weighted by molar-refractivity contribution is 0.684. The van der Waals surface area contributed by atoms with Crippen LogP contribution in [0.1, 0.15) is 18.1 Å². The van der Waals surface area contributed by atoms with Gasteiger partial charge in [0.15, 0.2) is 0 Å². The first kappa shape index (κ1) is 14.0. The SMILES string of the molecule is CCNCc1cn(Cc2ccccc2)nc1-c1cccs1. The summed E-state index contributed by atoms with van der Waals surface area (Å²) in [6.07, 6.45) is 2.16. The molecular weight excluding hydrogens is 278 g/mol. The maximum absolute atomic E-state index is 4.79. The quantitative estimate of drug-likeness (QED) is 0.750. The molecule has 0 saturated carbocycles. The van der Waals surface area contributed by atoms with Gasteiger partial charge in [-0.25, -0.2) is 0 Å². The Labute approximate surface area is 129 Å². The van der Waals surface area contributed by atoms with Crippen molar-refractivity contribution in [1.82, 2.24) is 15.1 Å². The van der Waals surface area contributed by atoms with Gasteiger partial charge in [0.05, 0.1) is 11.4 Å². The second-order valence-corrected chi connectivity index (χ2v) is 5.89. The lowest BCUT2D eigenvalue weighted by Crippen LogP contribution is -2.11. The van der Waals surface area contributed by atoms with Crippen LogP contribution in [0.4, 0.5) is 0 Å². The Balaban J connectivity index is 1.88. The molecule has 3 aromatic rings. The third-order valence-corrected chi connectivity index (χ3v) is 4.22. The third-order valence-electron chi connectivity index (χ3n) is 3.34. The monoisotopic (exact) mass is 297 g/mol.